The number of fused-ring (bicyclic) bond motifs is 6. The SMILES string of the molecule is COCCN1C(=O)C(C)(C)c2cc3[nH]c4c(c3cc21)CCCc1cn[nH]c1-4. The van der Waals surface area contributed by atoms with E-state index in [0.717, 1.165) is 47.4 Å². The molecule has 1 aromatic carbocycles. The van der Waals surface area contributed by atoms with E-state index in [1.807, 2.05) is 24.9 Å². The van der Waals surface area contributed by atoms with Gasteiger partial charge in [0.15, 0.2) is 0 Å². The summed E-state index contributed by atoms with van der Waals surface area (Å²) < 4.78 is 5.23. The van der Waals surface area contributed by atoms with Crippen molar-refractivity contribution in [3.8, 4) is 11.4 Å². The number of hydrogen-bond donors (Lipinski definition) is 2. The molecule has 140 valence electrons. The van der Waals surface area contributed by atoms with Crippen LogP contribution in [0.2, 0.25) is 0 Å². The number of aromatic amines is 2. The van der Waals surface area contributed by atoms with Crippen molar-refractivity contribution in [1.29, 1.82) is 0 Å². The molecule has 1 aliphatic carbocycles. The van der Waals surface area contributed by atoms with Crippen molar-refractivity contribution < 1.29 is 9.53 Å². The van der Waals surface area contributed by atoms with Gasteiger partial charge in [0.1, 0.15) is 0 Å². The molecule has 6 nitrogen and oxygen atoms in total. The number of anilines is 1. The third-order valence-electron chi connectivity index (χ3n) is 6.13. The zero-order chi connectivity index (χ0) is 18.8. The number of nitrogens with one attached hydrogen (secondary N) is 2. The highest BCUT2D eigenvalue weighted by Gasteiger charge is 2.44. The van der Waals surface area contributed by atoms with Gasteiger partial charge in [-0.25, -0.2) is 0 Å². The van der Waals surface area contributed by atoms with E-state index in [9.17, 15) is 4.79 Å². The lowest BCUT2D eigenvalue weighted by atomic mass is 9.85. The van der Waals surface area contributed by atoms with E-state index in [0.29, 0.717) is 13.2 Å². The largest absolute Gasteiger partial charge is 0.383 e. The van der Waals surface area contributed by atoms with Crippen LogP contribution in [-0.4, -0.2) is 41.3 Å². The number of hydrogen-bond acceptors (Lipinski definition) is 3. The van der Waals surface area contributed by atoms with Gasteiger partial charge in [-0.15, -0.1) is 0 Å². The molecular formula is C21H24N4O2. The number of amides is 1. The summed E-state index contributed by atoms with van der Waals surface area (Å²) in [4.78, 5) is 18.5. The molecule has 3 aromatic rings. The fourth-order valence-electron chi connectivity index (χ4n) is 4.62. The minimum atomic E-state index is -0.529. The Morgan fingerprint density at radius 2 is 2.11 bits per heavy atom. The predicted octanol–water partition coefficient (Wildman–Crippen LogP) is 3.32. The van der Waals surface area contributed by atoms with E-state index in [2.05, 4.69) is 27.3 Å². The lowest BCUT2D eigenvalue weighted by Crippen LogP contribution is -2.37. The summed E-state index contributed by atoms with van der Waals surface area (Å²) in [7, 11) is 1.67. The van der Waals surface area contributed by atoms with Crippen molar-refractivity contribution in [3.05, 3.63) is 35.0 Å². The van der Waals surface area contributed by atoms with Gasteiger partial charge in [-0.2, -0.15) is 5.10 Å². The van der Waals surface area contributed by atoms with Crippen molar-refractivity contribution in [2.75, 3.05) is 25.2 Å². The minimum Gasteiger partial charge on any atom is -0.383 e. The summed E-state index contributed by atoms with van der Waals surface area (Å²) in [5.41, 5.74) is 7.50. The molecule has 1 amide bonds. The molecule has 27 heavy (non-hydrogen) atoms. The molecule has 0 radical (unpaired) electrons. The van der Waals surface area contributed by atoms with Gasteiger partial charge in [0.25, 0.3) is 0 Å². The van der Waals surface area contributed by atoms with Crippen molar-refractivity contribution in [2.45, 2.75) is 38.5 Å². The Hall–Kier alpha value is -2.60. The first-order chi connectivity index (χ1) is 13.0. The molecule has 0 saturated carbocycles. The van der Waals surface area contributed by atoms with E-state index >= 15 is 0 Å². The molecule has 2 aliphatic rings. The third-order valence-corrected chi connectivity index (χ3v) is 6.13. The number of H-pyrrole nitrogens is 2. The Bertz CT molecular complexity index is 1060. The third kappa shape index (κ3) is 2.22. The number of carbonyl (C=O) groups excluding carboxylic acids is 1. The molecule has 0 unspecified atom stereocenters. The van der Waals surface area contributed by atoms with Crippen molar-refractivity contribution >= 4 is 22.5 Å². The number of carbonyl (C=O) groups is 1. The van der Waals surface area contributed by atoms with Gasteiger partial charge in [-0.3, -0.25) is 9.89 Å². The van der Waals surface area contributed by atoms with Crippen LogP contribution in [0.3, 0.4) is 0 Å². The number of ether oxygens (including phenoxy) is 1. The molecule has 6 heteroatoms. The van der Waals surface area contributed by atoms with Gasteiger partial charge in [0.2, 0.25) is 5.91 Å². The summed E-state index contributed by atoms with van der Waals surface area (Å²) in [5.74, 6) is 0.143. The van der Waals surface area contributed by atoms with E-state index in [1.54, 1.807) is 7.11 Å². The summed E-state index contributed by atoms with van der Waals surface area (Å²) in [5, 5.41) is 8.62. The first-order valence-electron chi connectivity index (χ1n) is 9.55. The highest BCUT2D eigenvalue weighted by atomic mass is 16.5. The average Bonchev–Trinajstić information content (AvgIpc) is 3.26. The average molecular weight is 364 g/mol. The number of methoxy groups -OCH3 is 1. The molecule has 1 aliphatic heterocycles. The van der Waals surface area contributed by atoms with Crippen LogP contribution in [0.5, 0.6) is 0 Å². The standard InChI is InChI=1S/C21H24N4O2/c1-21(2)15-10-16-14(9-17(15)25(20(21)26)7-8-27-3)13-6-4-5-12-11-22-24-18(12)19(13)23-16/h9-11,23H,4-8H2,1-3H3,(H,22,24). The van der Waals surface area contributed by atoms with E-state index in [4.69, 9.17) is 4.74 Å². The lowest BCUT2D eigenvalue weighted by molar-refractivity contribution is -0.122. The van der Waals surface area contributed by atoms with Gasteiger partial charge in [0.05, 0.1) is 29.6 Å². The first kappa shape index (κ1) is 16.6. The molecular weight excluding hydrogens is 340 g/mol. The molecule has 5 rings (SSSR count). The Labute approximate surface area is 157 Å². The van der Waals surface area contributed by atoms with Crippen LogP contribution in [0, 0.1) is 0 Å². The molecule has 0 spiro atoms. The van der Waals surface area contributed by atoms with E-state index in [-0.39, 0.29) is 5.91 Å². The molecule has 2 aromatic heterocycles. The van der Waals surface area contributed by atoms with Gasteiger partial charge in [-0.1, -0.05) is 0 Å². The molecule has 3 heterocycles. The molecule has 0 saturated heterocycles. The maximum atomic E-state index is 13.0. The van der Waals surface area contributed by atoms with Crippen LogP contribution in [0.4, 0.5) is 5.69 Å². The van der Waals surface area contributed by atoms with Crippen molar-refractivity contribution in [1.82, 2.24) is 15.2 Å². The Kier molecular flexibility index (Phi) is 3.49. The number of rotatable bonds is 3. The quantitative estimate of drug-likeness (QED) is 0.749. The Morgan fingerprint density at radius 1 is 1.26 bits per heavy atom. The second kappa shape index (κ2) is 5.70. The highest BCUT2D eigenvalue weighted by Crippen LogP contribution is 2.45. The van der Waals surface area contributed by atoms with Crippen LogP contribution in [0.15, 0.2) is 18.3 Å². The molecule has 0 fully saturated rings. The van der Waals surface area contributed by atoms with Crippen LogP contribution in [-0.2, 0) is 27.8 Å². The van der Waals surface area contributed by atoms with Crippen LogP contribution in [0.1, 0.15) is 37.0 Å². The topological polar surface area (TPSA) is 74.0 Å². The molecule has 0 atom stereocenters. The van der Waals surface area contributed by atoms with Crippen molar-refractivity contribution in [2.24, 2.45) is 0 Å². The molecule has 0 bridgehead atoms. The lowest BCUT2D eigenvalue weighted by Gasteiger charge is -2.19. The van der Waals surface area contributed by atoms with Gasteiger partial charge in [-0.05, 0) is 61.9 Å². The fourth-order valence-corrected chi connectivity index (χ4v) is 4.62. The smallest absolute Gasteiger partial charge is 0.237 e. The summed E-state index contributed by atoms with van der Waals surface area (Å²) >= 11 is 0. The van der Waals surface area contributed by atoms with E-state index < -0.39 is 5.41 Å². The highest BCUT2D eigenvalue weighted by molar-refractivity contribution is 6.10. The van der Waals surface area contributed by atoms with Crippen molar-refractivity contribution in [3.63, 3.8) is 0 Å². The van der Waals surface area contributed by atoms with Crippen LogP contribution < -0.4 is 4.90 Å². The Balaban J connectivity index is 1.73. The van der Waals surface area contributed by atoms with Crippen LogP contribution in [0.25, 0.3) is 22.3 Å². The van der Waals surface area contributed by atoms with E-state index in [1.165, 1.54) is 16.5 Å². The second-order valence-corrected chi connectivity index (χ2v) is 8.09. The number of nitrogens with zero attached hydrogens (tertiary/aromatic N) is 2. The fraction of sp³-hybridized carbons (Fsp3) is 0.429. The maximum absolute atomic E-state index is 13.0. The van der Waals surface area contributed by atoms with Crippen LogP contribution >= 0.6 is 0 Å². The number of benzene rings is 1. The van der Waals surface area contributed by atoms with Gasteiger partial charge < -0.3 is 14.6 Å². The van der Waals surface area contributed by atoms with Gasteiger partial charge in [0, 0.05) is 30.2 Å². The summed E-state index contributed by atoms with van der Waals surface area (Å²) in [6.07, 6.45) is 5.09. The zero-order valence-electron chi connectivity index (χ0n) is 16.0. The summed E-state index contributed by atoms with van der Waals surface area (Å²) in [6.45, 7) is 5.12. The molecule has 2 N–H and O–H groups in total. The number of aromatic nitrogens is 3. The van der Waals surface area contributed by atoms with Gasteiger partial charge >= 0.3 is 0 Å². The second-order valence-electron chi connectivity index (χ2n) is 8.09. The summed E-state index contributed by atoms with van der Waals surface area (Å²) in [6, 6.07) is 4.36. The normalized spacial score (nSPS) is 17.7. The Morgan fingerprint density at radius 3 is 2.93 bits per heavy atom. The monoisotopic (exact) mass is 364 g/mol. The number of aryl methyl sites for hydroxylation is 2. The first-order valence-corrected chi connectivity index (χ1v) is 9.55. The zero-order valence-corrected chi connectivity index (χ0v) is 16.0. The predicted molar refractivity (Wildman–Crippen MR) is 105 cm³/mol. The minimum absolute atomic E-state index is 0.143. The maximum Gasteiger partial charge on any atom is 0.237 e.